The van der Waals surface area contributed by atoms with E-state index in [1.807, 2.05) is 0 Å². The van der Waals surface area contributed by atoms with Crippen LogP contribution >= 0.6 is 0 Å². The van der Waals surface area contributed by atoms with Crippen LogP contribution in [-0.2, 0) is 6.42 Å². The summed E-state index contributed by atoms with van der Waals surface area (Å²) in [6.07, 6.45) is 5.63. The van der Waals surface area contributed by atoms with E-state index in [1.165, 1.54) is 12.8 Å². The van der Waals surface area contributed by atoms with Crippen LogP contribution in [0.1, 0.15) is 43.3 Å². The van der Waals surface area contributed by atoms with Crippen molar-refractivity contribution in [2.45, 2.75) is 44.1 Å². The van der Waals surface area contributed by atoms with E-state index in [9.17, 15) is 0 Å². The second-order valence-corrected chi connectivity index (χ2v) is 5.07. The summed E-state index contributed by atoms with van der Waals surface area (Å²) < 4.78 is 5.36. The molecular weight excluding hydrogens is 216 g/mol. The Morgan fingerprint density at radius 3 is 2.82 bits per heavy atom. The molecule has 2 saturated heterocycles. The number of hydrogen-bond donors (Lipinski definition) is 2. The first kappa shape index (κ1) is 11.2. The van der Waals surface area contributed by atoms with Gasteiger partial charge in [-0.15, -0.1) is 0 Å². The third kappa shape index (κ3) is 2.66. The summed E-state index contributed by atoms with van der Waals surface area (Å²) in [6, 6.07) is 0.538. The monoisotopic (exact) mass is 236 g/mol. The lowest BCUT2D eigenvalue weighted by Gasteiger charge is -2.19. The minimum atomic E-state index is 0.491. The van der Waals surface area contributed by atoms with Gasteiger partial charge in [0.05, 0.1) is 0 Å². The Morgan fingerprint density at radius 2 is 2.06 bits per heavy atom. The standard InChI is InChI=1S/C12H20N4O/c1-2-10(14-5-1)8-11-15-12(16-17-11)9-3-6-13-7-4-9/h9-10,13-14H,1-8H2. The van der Waals surface area contributed by atoms with Crippen molar-refractivity contribution in [1.29, 1.82) is 0 Å². The predicted molar refractivity (Wildman–Crippen MR) is 63.9 cm³/mol. The summed E-state index contributed by atoms with van der Waals surface area (Å²) in [5.41, 5.74) is 0. The highest BCUT2D eigenvalue weighted by molar-refractivity contribution is 4.99. The molecule has 0 saturated carbocycles. The molecule has 5 heteroatoms. The highest BCUT2D eigenvalue weighted by Gasteiger charge is 2.22. The quantitative estimate of drug-likeness (QED) is 0.814. The van der Waals surface area contributed by atoms with Crippen LogP contribution in [0.5, 0.6) is 0 Å². The van der Waals surface area contributed by atoms with E-state index in [0.717, 1.165) is 50.6 Å². The van der Waals surface area contributed by atoms with E-state index in [-0.39, 0.29) is 0 Å². The minimum Gasteiger partial charge on any atom is -0.339 e. The van der Waals surface area contributed by atoms with Gasteiger partial charge in [-0.2, -0.15) is 4.98 Å². The second kappa shape index (κ2) is 5.14. The SMILES string of the molecule is C1CNC(Cc2nc(C3CCNCC3)no2)C1. The van der Waals surface area contributed by atoms with Crippen molar-refractivity contribution < 1.29 is 4.52 Å². The van der Waals surface area contributed by atoms with Crippen molar-refractivity contribution in [2.75, 3.05) is 19.6 Å². The summed E-state index contributed by atoms with van der Waals surface area (Å²) in [4.78, 5) is 4.55. The molecule has 0 spiro atoms. The molecule has 17 heavy (non-hydrogen) atoms. The van der Waals surface area contributed by atoms with Crippen LogP contribution < -0.4 is 10.6 Å². The normalized spacial score (nSPS) is 26.5. The van der Waals surface area contributed by atoms with Gasteiger partial charge >= 0.3 is 0 Å². The molecule has 2 aliphatic rings. The molecule has 5 nitrogen and oxygen atoms in total. The molecule has 0 radical (unpaired) electrons. The van der Waals surface area contributed by atoms with Crippen LogP contribution in [0.25, 0.3) is 0 Å². The first-order valence-electron chi connectivity index (χ1n) is 6.68. The van der Waals surface area contributed by atoms with Crippen molar-refractivity contribution in [3.8, 4) is 0 Å². The molecule has 0 aromatic carbocycles. The van der Waals surface area contributed by atoms with E-state index in [4.69, 9.17) is 4.52 Å². The zero-order valence-corrected chi connectivity index (χ0v) is 10.1. The third-order valence-corrected chi connectivity index (χ3v) is 3.77. The zero-order valence-electron chi connectivity index (χ0n) is 10.1. The summed E-state index contributed by atoms with van der Waals surface area (Å²) in [5.74, 6) is 2.21. The second-order valence-electron chi connectivity index (χ2n) is 5.07. The number of nitrogens with zero attached hydrogens (tertiary/aromatic N) is 2. The van der Waals surface area contributed by atoms with Gasteiger partial charge in [0, 0.05) is 18.4 Å². The lowest BCUT2D eigenvalue weighted by molar-refractivity contribution is 0.350. The number of nitrogens with one attached hydrogen (secondary N) is 2. The van der Waals surface area contributed by atoms with Gasteiger partial charge in [0.1, 0.15) is 0 Å². The Bertz CT molecular complexity index is 353. The Hall–Kier alpha value is -0.940. The molecular formula is C12H20N4O. The Kier molecular flexibility index (Phi) is 3.38. The fraction of sp³-hybridized carbons (Fsp3) is 0.833. The number of hydrogen-bond acceptors (Lipinski definition) is 5. The van der Waals surface area contributed by atoms with Crippen LogP contribution in [0.2, 0.25) is 0 Å². The third-order valence-electron chi connectivity index (χ3n) is 3.77. The minimum absolute atomic E-state index is 0.491. The van der Waals surface area contributed by atoms with Crippen molar-refractivity contribution in [3.05, 3.63) is 11.7 Å². The molecule has 94 valence electrons. The maximum absolute atomic E-state index is 5.36. The van der Waals surface area contributed by atoms with E-state index >= 15 is 0 Å². The Balaban J connectivity index is 1.60. The fourth-order valence-electron chi connectivity index (χ4n) is 2.74. The van der Waals surface area contributed by atoms with Crippen molar-refractivity contribution in [1.82, 2.24) is 20.8 Å². The molecule has 0 amide bonds. The van der Waals surface area contributed by atoms with Gasteiger partial charge in [0.2, 0.25) is 5.89 Å². The average molecular weight is 236 g/mol. The number of aromatic nitrogens is 2. The highest BCUT2D eigenvalue weighted by atomic mass is 16.5. The molecule has 1 atom stereocenters. The summed E-state index contributed by atoms with van der Waals surface area (Å²) in [7, 11) is 0. The Morgan fingerprint density at radius 1 is 1.18 bits per heavy atom. The molecule has 3 heterocycles. The maximum Gasteiger partial charge on any atom is 0.228 e. The van der Waals surface area contributed by atoms with Gasteiger partial charge in [0.25, 0.3) is 0 Å². The molecule has 1 aromatic rings. The zero-order chi connectivity index (χ0) is 11.5. The molecule has 3 rings (SSSR count). The van der Waals surface area contributed by atoms with Crippen LogP contribution in [-0.4, -0.2) is 35.8 Å². The summed E-state index contributed by atoms with van der Waals surface area (Å²) in [6.45, 7) is 3.26. The molecule has 2 N–H and O–H groups in total. The van der Waals surface area contributed by atoms with Crippen LogP contribution in [0.3, 0.4) is 0 Å². The van der Waals surface area contributed by atoms with Gasteiger partial charge in [-0.3, -0.25) is 0 Å². The lowest BCUT2D eigenvalue weighted by Crippen LogP contribution is -2.27. The van der Waals surface area contributed by atoms with Gasteiger partial charge in [-0.05, 0) is 45.3 Å². The van der Waals surface area contributed by atoms with Crippen molar-refractivity contribution in [2.24, 2.45) is 0 Å². The van der Waals surface area contributed by atoms with Crippen LogP contribution in [0, 0.1) is 0 Å². The first-order valence-corrected chi connectivity index (χ1v) is 6.68. The lowest BCUT2D eigenvalue weighted by atomic mass is 9.98. The van der Waals surface area contributed by atoms with E-state index < -0.39 is 0 Å². The smallest absolute Gasteiger partial charge is 0.228 e. The number of piperidine rings is 1. The molecule has 0 aliphatic carbocycles. The largest absolute Gasteiger partial charge is 0.339 e. The van der Waals surface area contributed by atoms with Crippen LogP contribution in [0.15, 0.2) is 4.52 Å². The first-order chi connectivity index (χ1) is 8.42. The predicted octanol–water partition coefficient (Wildman–Crippen LogP) is 0.831. The number of rotatable bonds is 3. The highest BCUT2D eigenvalue weighted by Crippen LogP contribution is 2.22. The Labute approximate surface area is 101 Å². The van der Waals surface area contributed by atoms with Gasteiger partial charge in [-0.1, -0.05) is 5.16 Å². The molecule has 1 unspecified atom stereocenters. The molecule has 2 fully saturated rings. The van der Waals surface area contributed by atoms with E-state index in [0.29, 0.717) is 12.0 Å². The van der Waals surface area contributed by atoms with Crippen LogP contribution in [0.4, 0.5) is 0 Å². The van der Waals surface area contributed by atoms with Crippen molar-refractivity contribution in [3.63, 3.8) is 0 Å². The van der Waals surface area contributed by atoms with Gasteiger partial charge < -0.3 is 15.2 Å². The molecule has 0 bridgehead atoms. The van der Waals surface area contributed by atoms with E-state index in [2.05, 4.69) is 20.8 Å². The van der Waals surface area contributed by atoms with E-state index in [1.54, 1.807) is 0 Å². The fourth-order valence-corrected chi connectivity index (χ4v) is 2.74. The van der Waals surface area contributed by atoms with Gasteiger partial charge in [-0.25, -0.2) is 0 Å². The molecule has 1 aromatic heterocycles. The average Bonchev–Trinajstić information content (AvgIpc) is 3.02. The van der Waals surface area contributed by atoms with Gasteiger partial charge in [0.15, 0.2) is 5.82 Å². The summed E-state index contributed by atoms with van der Waals surface area (Å²) >= 11 is 0. The molecule has 2 aliphatic heterocycles. The maximum atomic E-state index is 5.36. The topological polar surface area (TPSA) is 63.0 Å². The van der Waals surface area contributed by atoms with Crippen molar-refractivity contribution >= 4 is 0 Å². The summed E-state index contributed by atoms with van der Waals surface area (Å²) in [5, 5.41) is 11.0.